The van der Waals surface area contributed by atoms with Gasteiger partial charge in [0.2, 0.25) is 10.0 Å². The van der Waals surface area contributed by atoms with E-state index in [0.717, 1.165) is 43.7 Å². The minimum absolute atomic E-state index is 0.343. The van der Waals surface area contributed by atoms with Crippen molar-refractivity contribution in [1.29, 1.82) is 0 Å². The van der Waals surface area contributed by atoms with Gasteiger partial charge in [0, 0.05) is 45.3 Å². The van der Waals surface area contributed by atoms with Crippen LogP contribution in [0.15, 0.2) is 59.5 Å². The van der Waals surface area contributed by atoms with Crippen LogP contribution in [0.25, 0.3) is 11.1 Å². The van der Waals surface area contributed by atoms with Crippen molar-refractivity contribution in [2.45, 2.75) is 17.4 Å². The highest BCUT2D eigenvalue weighted by Crippen LogP contribution is 2.26. The Hall–Kier alpha value is -1.73. The van der Waals surface area contributed by atoms with Gasteiger partial charge in [-0.15, -0.1) is 0 Å². The van der Waals surface area contributed by atoms with Gasteiger partial charge >= 0.3 is 0 Å². The number of nitrogens with one attached hydrogen (secondary N) is 1. The van der Waals surface area contributed by atoms with Crippen LogP contribution in [0.1, 0.15) is 6.42 Å². The summed E-state index contributed by atoms with van der Waals surface area (Å²) in [6.07, 6.45) is 0.918. The van der Waals surface area contributed by atoms with Crippen molar-refractivity contribution in [3.63, 3.8) is 0 Å². The molecule has 1 N–H and O–H groups in total. The molecule has 0 amide bonds. The number of benzene rings is 2. The van der Waals surface area contributed by atoms with E-state index in [0.29, 0.717) is 24.0 Å². The van der Waals surface area contributed by atoms with Gasteiger partial charge in [0.25, 0.3) is 0 Å². The van der Waals surface area contributed by atoms with Gasteiger partial charge in [0.1, 0.15) is 0 Å². The van der Waals surface area contributed by atoms with E-state index < -0.39 is 10.0 Å². The zero-order chi connectivity index (χ0) is 18.0. The van der Waals surface area contributed by atoms with Crippen molar-refractivity contribution in [2.24, 2.45) is 0 Å². The van der Waals surface area contributed by atoms with Crippen molar-refractivity contribution >= 4 is 10.0 Å². The van der Waals surface area contributed by atoms with Crippen molar-refractivity contribution in [2.75, 3.05) is 39.3 Å². The molecule has 6 heteroatoms. The average Bonchev–Trinajstić information content (AvgIpc) is 3.21. The zero-order valence-corrected chi connectivity index (χ0v) is 15.7. The third-order valence-electron chi connectivity index (χ3n) is 5.39. The first-order valence-corrected chi connectivity index (χ1v) is 10.7. The van der Waals surface area contributed by atoms with Crippen molar-refractivity contribution in [1.82, 2.24) is 14.5 Å². The second-order valence-corrected chi connectivity index (χ2v) is 8.92. The highest BCUT2D eigenvalue weighted by Gasteiger charge is 2.35. The Bertz CT molecular complexity index is 831. The van der Waals surface area contributed by atoms with E-state index in [9.17, 15) is 8.42 Å². The topological polar surface area (TPSA) is 52.7 Å². The Balaban J connectivity index is 1.48. The maximum atomic E-state index is 13.0. The number of piperazine rings is 1. The van der Waals surface area contributed by atoms with E-state index in [1.807, 2.05) is 42.5 Å². The van der Waals surface area contributed by atoms with E-state index in [1.54, 1.807) is 16.4 Å². The summed E-state index contributed by atoms with van der Waals surface area (Å²) in [6, 6.07) is 17.6. The maximum Gasteiger partial charge on any atom is 0.243 e. The molecule has 0 radical (unpaired) electrons. The van der Waals surface area contributed by atoms with Crippen LogP contribution in [0, 0.1) is 0 Å². The van der Waals surface area contributed by atoms with Gasteiger partial charge in [-0.3, -0.25) is 4.90 Å². The van der Waals surface area contributed by atoms with Crippen LogP contribution in [0.4, 0.5) is 0 Å². The average molecular weight is 372 g/mol. The quantitative estimate of drug-likeness (QED) is 0.893. The fourth-order valence-electron chi connectivity index (χ4n) is 3.87. The van der Waals surface area contributed by atoms with Crippen molar-refractivity contribution < 1.29 is 8.42 Å². The number of hydrogen-bond acceptors (Lipinski definition) is 4. The molecule has 2 saturated heterocycles. The largest absolute Gasteiger partial charge is 0.314 e. The van der Waals surface area contributed by atoms with Gasteiger partial charge in [0.05, 0.1) is 4.90 Å². The third kappa shape index (κ3) is 3.55. The third-order valence-corrected chi connectivity index (χ3v) is 7.27. The fraction of sp³-hybridized carbons (Fsp3) is 0.400. The molecule has 2 heterocycles. The summed E-state index contributed by atoms with van der Waals surface area (Å²) < 4.78 is 27.7. The first-order valence-electron chi connectivity index (χ1n) is 9.25. The molecule has 0 saturated carbocycles. The molecule has 4 rings (SSSR count). The van der Waals surface area contributed by atoms with Crippen LogP contribution < -0.4 is 5.32 Å². The van der Waals surface area contributed by atoms with Gasteiger partial charge in [-0.05, 0) is 29.7 Å². The molecule has 2 aromatic rings. The molecular formula is C20H25N3O2S. The standard InChI is InChI=1S/C20H25N3O2S/c24-26(25,23-13-10-19(16-23)22-14-11-21-12-15-22)20-8-6-18(7-9-20)17-4-2-1-3-5-17/h1-9,19,21H,10-16H2. The zero-order valence-electron chi connectivity index (χ0n) is 14.8. The van der Waals surface area contributed by atoms with Crippen molar-refractivity contribution in [3.8, 4) is 11.1 Å². The molecule has 1 unspecified atom stereocenters. The summed E-state index contributed by atoms with van der Waals surface area (Å²) in [5.74, 6) is 0. The molecule has 2 fully saturated rings. The van der Waals surface area contributed by atoms with Crippen LogP contribution in [0.5, 0.6) is 0 Å². The molecule has 1 atom stereocenters. The SMILES string of the molecule is O=S(=O)(c1ccc(-c2ccccc2)cc1)N1CCC(N2CCNCC2)C1. The van der Waals surface area contributed by atoms with Gasteiger partial charge in [-0.2, -0.15) is 4.31 Å². The van der Waals surface area contributed by atoms with E-state index >= 15 is 0 Å². The van der Waals surface area contributed by atoms with Gasteiger partial charge in [-0.25, -0.2) is 8.42 Å². The minimum atomic E-state index is -3.42. The fourth-order valence-corrected chi connectivity index (χ4v) is 5.37. The predicted molar refractivity (Wildman–Crippen MR) is 103 cm³/mol. The highest BCUT2D eigenvalue weighted by atomic mass is 32.2. The number of sulfonamides is 1. The van der Waals surface area contributed by atoms with E-state index in [1.165, 1.54) is 0 Å². The molecule has 2 aliphatic rings. The lowest BCUT2D eigenvalue weighted by atomic mass is 10.1. The summed E-state index contributed by atoms with van der Waals surface area (Å²) in [6.45, 7) is 5.20. The summed E-state index contributed by atoms with van der Waals surface area (Å²) in [5, 5.41) is 3.35. The van der Waals surface area contributed by atoms with Crippen molar-refractivity contribution in [3.05, 3.63) is 54.6 Å². The Morgan fingerprint density at radius 1 is 0.846 bits per heavy atom. The Labute approximate surface area is 155 Å². The van der Waals surface area contributed by atoms with Crippen LogP contribution in [-0.4, -0.2) is 62.9 Å². The first kappa shape index (κ1) is 17.7. The monoisotopic (exact) mass is 371 g/mol. The number of rotatable bonds is 4. The Morgan fingerprint density at radius 2 is 1.50 bits per heavy atom. The highest BCUT2D eigenvalue weighted by molar-refractivity contribution is 7.89. The Kier molecular flexibility index (Phi) is 5.09. The molecule has 2 aliphatic heterocycles. The van der Waals surface area contributed by atoms with E-state index in [-0.39, 0.29) is 0 Å². The molecular weight excluding hydrogens is 346 g/mol. The molecule has 0 aromatic heterocycles. The van der Waals surface area contributed by atoms with Crippen LogP contribution in [-0.2, 0) is 10.0 Å². The molecule has 0 spiro atoms. The van der Waals surface area contributed by atoms with E-state index in [2.05, 4.69) is 10.2 Å². The molecule has 0 bridgehead atoms. The van der Waals surface area contributed by atoms with Gasteiger partial charge in [-0.1, -0.05) is 42.5 Å². The van der Waals surface area contributed by atoms with Gasteiger partial charge in [0.15, 0.2) is 0 Å². The first-order chi connectivity index (χ1) is 12.6. The lowest BCUT2D eigenvalue weighted by molar-refractivity contribution is 0.179. The summed E-state index contributed by atoms with van der Waals surface area (Å²) in [5.41, 5.74) is 2.13. The summed E-state index contributed by atoms with van der Waals surface area (Å²) in [4.78, 5) is 2.81. The number of nitrogens with zero attached hydrogens (tertiary/aromatic N) is 2. The van der Waals surface area contributed by atoms with Crippen LogP contribution >= 0.6 is 0 Å². The summed E-state index contributed by atoms with van der Waals surface area (Å²) in [7, 11) is -3.42. The summed E-state index contributed by atoms with van der Waals surface area (Å²) >= 11 is 0. The molecule has 2 aromatic carbocycles. The second-order valence-electron chi connectivity index (χ2n) is 6.98. The minimum Gasteiger partial charge on any atom is -0.314 e. The smallest absolute Gasteiger partial charge is 0.243 e. The molecule has 26 heavy (non-hydrogen) atoms. The normalized spacial score (nSPS) is 22.5. The molecule has 5 nitrogen and oxygen atoms in total. The molecule has 0 aliphatic carbocycles. The Morgan fingerprint density at radius 3 is 2.19 bits per heavy atom. The lowest BCUT2D eigenvalue weighted by Crippen LogP contribution is -2.49. The van der Waals surface area contributed by atoms with Gasteiger partial charge < -0.3 is 5.32 Å². The van der Waals surface area contributed by atoms with Crippen LogP contribution in [0.3, 0.4) is 0 Å². The maximum absolute atomic E-state index is 13.0. The molecule has 138 valence electrons. The second kappa shape index (κ2) is 7.48. The predicted octanol–water partition coefficient (Wildman–Crippen LogP) is 2.02. The lowest BCUT2D eigenvalue weighted by Gasteiger charge is -2.32. The van der Waals surface area contributed by atoms with Crippen LogP contribution in [0.2, 0.25) is 0 Å². The van der Waals surface area contributed by atoms with E-state index in [4.69, 9.17) is 0 Å². The number of hydrogen-bond donors (Lipinski definition) is 1.